The minimum atomic E-state index is -0.198. The van der Waals surface area contributed by atoms with Crippen LogP contribution in [0.25, 0.3) is 0 Å². The Balaban J connectivity index is 1.91. The molecule has 2 aromatic rings. The summed E-state index contributed by atoms with van der Waals surface area (Å²) in [7, 11) is 0. The summed E-state index contributed by atoms with van der Waals surface area (Å²) >= 11 is 1.76. The predicted octanol–water partition coefficient (Wildman–Crippen LogP) is 3.41. The van der Waals surface area contributed by atoms with Gasteiger partial charge in [0, 0.05) is 16.5 Å². The van der Waals surface area contributed by atoms with Gasteiger partial charge < -0.3 is 0 Å². The van der Waals surface area contributed by atoms with Crippen molar-refractivity contribution < 1.29 is 4.39 Å². The predicted molar refractivity (Wildman–Crippen MR) is 73.7 cm³/mol. The van der Waals surface area contributed by atoms with Gasteiger partial charge in [-0.05, 0) is 36.8 Å². The Labute approximate surface area is 111 Å². The third-order valence-electron chi connectivity index (χ3n) is 2.98. The average Bonchev–Trinajstić information content (AvgIpc) is 2.89. The maximum absolute atomic E-state index is 13.6. The maximum atomic E-state index is 13.6. The van der Waals surface area contributed by atoms with Crippen molar-refractivity contribution in [3.63, 3.8) is 0 Å². The van der Waals surface area contributed by atoms with Crippen molar-refractivity contribution in [1.82, 2.24) is 5.43 Å². The van der Waals surface area contributed by atoms with Gasteiger partial charge in [0.2, 0.25) is 0 Å². The van der Waals surface area contributed by atoms with E-state index in [1.165, 1.54) is 10.9 Å². The summed E-state index contributed by atoms with van der Waals surface area (Å²) in [5, 5.41) is 2.07. The summed E-state index contributed by atoms with van der Waals surface area (Å²) in [6.07, 6.45) is 2.84. The smallest absolute Gasteiger partial charge is 0.128 e. The van der Waals surface area contributed by atoms with E-state index in [1.54, 1.807) is 23.5 Å². The van der Waals surface area contributed by atoms with Crippen LogP contribution in [0.1, 0.15) is 29.3 Å². The highest BCUT2D eigenvalue weighted by atomic mass is 32.1. The first-order valence-corrected chi connectivity index (χ1v) is 6.92. The van der Waals surface area contributed by atoms with Crippen LogP contribution in [0.15, 0.2) is 41.8 Å². The lowest BCUT2D eigenvalue weighted by Gasteiger charge is -2.16. The largest absolute Gasteiger partial charge is 0.271 e. The number of thiophene rings is 1. The van der Waals surface area contributed by atoms with Crippen LogP contribution in [-0.4, -0.2) is 0 Å². The molecule has 96 valence electrons. The second-order valence-corrected chi connectivity index (χ2v) is 5.24. The van der Waals surface area contributed by atoms with Crippen LogP contribution < -0.4 is 11.3 Å². The Morgan fingerprint density at radius 2 is 2.06 bits per heavy atom. The number of benzene rings is 1. The van der Waals surface area contributed by atoms with Crippen LogP contribution in [0.5, 0.6) is 0 Å². The standard InChI is InChI=1S/C14H17FN2S/c15-13-8-2-1-7-12(13)14(17-16)9-3-5-11-6-4-10-18-11/h1-2,4,6-8,10,14,17H,3,5,9,16H2. The zero-order chi connectivity index (χ0) is 12.8. The van der Waals surface area contributed by atoms with Gasteiger partial charge in [0.25, 0.3) is 0 Å². The van der Waals surface area contributed by atoms with Crippen LogP contribution in [0, 0.1) is 5.82 Å². The molecule has 0 saturated carbocycles. The Hall–Kier alpha value is -1.23. The zero-order valence-electron chi connectivity index (χ0n) is 10.1. The molecule has 3 N–H and O–H groups in total. The second-order valence-electron chi connectivity index (χ2n) is 4.21. The van der Waals surface area contributed by atoms with Crippen LogP contribution in [0.3, 0.4) is 0 Å². The number of hydrogen-bond donors (Lipinski definition) is 2. The fourth-order valence-electron chi connectivity index (χ4n) is 2.02. The summed E-state index contributed by atoms with van der Waals surface area (Å²) in [6, 6.07) is 10.8. The highest BCUT2D eigenvalue weighted by molar-refractivity contribution is 7.09. The molecular weight excluding hydrogens is 247 g/mol. The number of halogens is 1. The first-order chi connectivity index (χ1) is 8.81. The molecule has 4 heteroatoms. The van der Waals surface area contributed by atoms with E-state index >= 15 is 0 Å². The summed E-state index contributed by atoms with van der Waals surface area (Å²) < 4.78 is 13.6. The van der Waals surface area contributed by atoms with Gasteiger partial charge in [0.1, 0.15) is 5.82 Å². The fourth-order valence-corrected chi connectivity index (χ4v) is 2.77. The molecule has 0 aliphatic carbocycles. The molecule has 2 rings (SSSR count). The van der Waals surface area contributed by atoms with Gasteiger partial charge in [-0.1, -0.05) is 24.3 Å². The van der Waals surface area contributed by atoms with E-state index in [0.29, 0.717) is 5.56 Å². The molecule has 0 radical (unpaired) electrons. The van der Waals surface area contributed by atoms with E-state index in [2.05, 4.69) is 22.9 Å². The Morgan fingerprint density at radius 3 is 2.72 bits per heavy atom. The number of hydrazine groups is 1. The first-order valence-electron chi connectivity index (χ1n) is 6.04. The lowest BCUT2D eigenvalue weighted by Crippen LogP contribution is -2.28. The van der Waals surface area contributed by atoms with E-state index in [0.717, 1.165) is 19.3 Å². The molecule has 1 aromatic carbocycles. The maximum Gasteiger partial charge on any atom is 0.128 e. The summed E-state index contributed by atoms with van der Waals surface area (Å²) in [5.41, 5.74) is 3.35. The van der Waals surface area contributed by atoms with E-state index in [-0.39, 0.29) is 11.9 Å². The number of hydrogen-bond acceptors (Lipinski definition) is 3. The van der Waals surface area contributed by atoms with E-state index in [9.17, 15) is 4.39 Å². The SMILES string of the molecule is NNC(CCCc1cccs1)c1ccccc1F. The highest BCUT2D eigenvalue weighted by Gasteiger charge is 2.13. The van der Waals surface area contributed by atoms with Crippen molar-refractivity contribution in [3.8, 4) is 0 Å². The molecule has 0 aliphatic heterocycles. The molecule has 1 heterocycles. The topological polar surface area (TPSA) is 38.0 Å². The Kier molecular flexibility index (Phi) is 4.87. The van der Waals surface area contributed by atoms with Gasteiger partial charge in [-0.15, -0.1) is 11.3 Å². The third-order valence-corrected chi connectivity index (χ3v) is 3.91. The Bertz CT molecular complexity index is 470. The molecule has 0 fully saturated rings. The molecule has 2 nitrogen and oxygen atoms in total. The summed E-state index contributed by atoms with van der Waals surface area (Å²) in [4.78, 5) is 1.36. The minimum Gasteiger partial charge on any atom is -0.271 e. The third kappa shape index (κ3) is 3.38. The van der Waals surface area contributed by atoms with Gasteiger partial charge in [0.05, 0.1) is 0 Å². The van der Waals surface area contributed by atoms with E-state index in [1.807, 2.05) is 6.07 Å². The van der Waals surface area contributed by atoms with Gasteiger partial charge in [-0.3, -0.25) is 11.3 Å². The molecule has 18 heavy (non-hydrogen) atoms. The molecule has 0 aliphatic rings. The van der Waals surface area contributed by atoms with Gasteiger partial charge in [-0.25, -0.2) is 4.39 Å². The van der Waals surface area contributed by atoms with Crippen LogP contribution in [0.2, 0.25) is 0 Å². The van der Waals surface area contributed by atoms with E-state index < -0.39 is 0 Å². The monoisotopic (exact) mass is 264 g/mol. The van der Waals surface area contributed by atoms with Crippen molar-refractivity contribution in [3.05, 3.63) is 58.0 Å². The lowest BCUT2D eigenvalue weighted by molar-refractivity contribution is 0.473. The van der Waals surface area contributed by atoms with Gasteiger partial charge >= 0.3 is 0 Å². The fraction of sp³-hybridized carbons (Fsp3) is 0.286. The Morgan fingerprint density at radius 1 is 1.22 bits per heavy atom. The molecular formula is C14H17FN2S. The minimum absolute atomic E-state index is 0.119. The number of aryl methyl sites for hydroxylation is 1. The van der Waals surface area contributed by atoms with E-state index in [4.69, 9.17) is 5.84 Å². The first kappa shape index (κ1) is 13.2. The average molecular weight is 264 g/mol. The number of nitrogens with one attached hydrogen (secondary N) is 1. The molecule has 1 aromatic heterocycles. The molecule has 1 unspecified atom stereocenters. The van der Waals surface area contributed by atoms with Crippen molar-refractivity contribution in [2.75, 3.05) is 0 Å². The van der Waals surface area contributed by atoms with Crippen LogP contribution >= 0.6 is 11.3 Å². The highest BCUT2D eigenvalue weighted by Crippen LogP contribution is 2.22. The van der Waals surface area contributed by atoms with Gasteiger partial charge in [0.15, 0.2) is 0 Å². The molecule has 1 atom stereocenters. The van der Waals surface area contributed by atoms with Gasteiger partial charge in [-0.2, -0.15) is 0 Å². The summed E-state index contributed by atoms with van der Waals surface area (Å²) in [6.45, 7) is 0. The lowest BCUT2D eigenvalue weighted by atomic mass is 10.0. The van der Waals surface area contributed by atoms with Crippen molar-refractivity contribution in [2.45, 2.75) is 25.3 Å². The number of nitrogens with two attached hydrogens (primary N) is 1. The molecule has 0 saturated heterocycles. The molecule has 0 amide bonds. The molecule has 0 bridgehead atoms. The molecule has 0 spiro atoms. The van der Waals surface area contributed by atoms with Crippen molar-refractivity contribution >= 4 is 11.3 Å². The normalized spacial score (nSPS) is 12.6. The zero-order valence-corrected chi connectivity index (χ0v) is 10.9. The van der Waals surface area contributed by atoms with Crippen LogP contribution in [-0.2, 0) is 6.42 Å². The van der Waals surface area contributed by atoms with Crippen molar-refractivity contribution in [2.24, 2.45) is 5.84 Å². The number of rotatable bonds is 6. The second kappa shape index (κ2) is 6.64. The van der Waals surface area contributed by atoms with Crippen molar-refractivity contribution in [1.29, 1.82) is 0 Å². The quantitative estimate of drug-likeness (QED) is 0.620. The van der Waals surface area contributed by atoms with Crippen LogP contribution in [0.4, 0.5) is 4.39 Å². The summed E-state index contributed by atoms with van der Waals surface area (Å²) in [5.74, 6) is 5.32.